The summed E-state index contributed by atoms with van der Waals surface area (Å²) in [5.41, 5.74) is 0. The lowest BCUT2D eigenvalue weighted by Gasteiger charge is -2.25. The summed E-state index contributed by atoms with van der Waals surface area (Å²) in [7, 11) is 1.29. The van der Waals surface area contributed by atoms with Gasteiger partial charge in [0.15, 0.2) is 0 Å². The minimum absolute atomic E-state index is 1.14. The molecule has 58 valence electrons. The zero-order valence-electron chi connectivity index (χ0n) is 6.64. The van der Waals surface area contributed by atoms with Crippen LogP contribution in [0.5, 0.6) is 0 Å². The maximum atomic E-state index is 3.32. The molecular weight excluding hydrogens is 140 g/mol. The Bertz CT molecular complexity index is 108. The summed E-state index contributed by atoms with van der Waals surface area (Å²) >= 11 is 0. The number of nitrogens with zero attached hydrogens (tertiary/aromatic N) is 1. The fourth-order valence-electron chi connectivity index (χ4n) is 1.09. The molecule has 1 rings (SSSR count). The Labute approximate surface area is 65.7 Å². The van der Waals surface area contributed by atoms with Gasteiger partial charge in [-0.15, -0.1) is 0 Å². The molecule has 0 spiro atoms. The van der Waals surface area contributed by atoms with Crippen molar-refractivity contribution in [3.63, 3.8) is 0 Å². The molecule has 1 saturated heterocycles. The van der Waals surface area contributed by atoms with E-state index in [1.807, 2.05) is 0 Å². The molecule has 1 N–H and O–H groups in total. The first-order valence-electron chi connectivity index (χ1n) is 4.05. The Balaban J connectivity index is 2.19. The van der Waals surface area contributed by atoms with Crippen LogP contribution in [0.25, 0.3) is 0 Å². The number of hydrogen-bond donors (Lipinski definition) is 1. The standard InChI is InChI=1S/C7H16N2Si/c10-7-1-4-9-5-2-8-3-6-9/h1,4,8H,2-3,5-7H2,10H3. The average molecular weight is 156 g/mol. The first kappa shape index (κ1) is 7.82. The first-order chi connectivity index (χ1) is 4.93. The largest absolute Gasteiger partial charge is 0.375 e. The Kier molecular flexibility index (Phi) is 3.53. The molecule has 0 saturated carbocycles. The third-order valence-electron chi connectivity index (χ3n) is 1.70. The molecule has 3 heteroatoms. The molecule has 0 amide bonds. The number of allylic oxidation sites excluding steroid dienone is 1. The summed E-state index contributed by atoms with van der Waals surface area (Å²) in [5.74, 6) is 0. The molecule has 0 aromatic carbocycles. The minimum Gasteiger partial charge on any atom is -0.375 e. The van der Waals surface area contributed by atoms with Gasteiger partial charge in [0.05, 0.1) is 0 Å². The topological polar surface area (TPSA) is 15.3 Å². The molecule has 1 aliphatic rings. The summed E-state index contributed by atoms with van der Waals surface area (Å²) in [4.78, 5) is 2.38. The summed E-state index contributed by atoms with van der Waals surface area (Å²) < 4.78 is 0. The van der Waals surface area contributed by atoms with E-state index in [-0.39, 0.29) is 0 Å². The highest BCUT2D eigenvalue weighted by molar-refractivity contribution is 6.09. The highest BCUT2D eigenvalue weighted by Crippen LogP contribution is 1.93. The van der Waals surface area contributed by atoms with E-state index in [1.54, 1.807) is 0 Å². The quantitative estimate of drug-likeness (QED) is 0.526. The van der Waals surface area contributed by atoms with Crippen LogP contribution in [0.2, 0.25) is 6.04 Å². The van der Waals surface area contributed by atoms with Crippen LogP contribution in [0.15, 0.2) is 12.3 Å². The van der Waals surface area contributed by atoms with Gasteiger partial charge in [-0.1, -0.05) is 6.08 Å². The van der Waals surface area contributed by atoms with Crippen LogP contribution in [-0.2, 0) is 0 Å². The van der Waals surface area contributed by atoms with Gasteiger partial charge in [0.25, 0.3) is 0 Å². The molecule has 0 atom stereocenters. The molecule has 0 aromatic rings. The molecule has 0 bridgehead atoms. The van der Waals surface area contributed by atoms with E-state index in [4.69, 9.17) is 0 Å². The highest BCUT2D eigenvalue weighted by atomic mass is 28.1. The number of hydrogen-bond acceptors (Lipinski definition) is 2. The first-order valence-corrected chi connectivity index (χ1v) is 5.46. The molecule has 1 heterocycles. The van der Waals surface area contributed by atoms with Crippen LogP contribution in [-0.4, -0.2) is 41.3 Å². The average Bonchev–Trinajstić information content (AvgIpc) is 2.03. The predicted octanol–water partition coefficient (Wildman–Crippen LogP) is -0.811. The van der Waals surface area contributed by atoms with Crippen molar-refractivity contribution < 1.29 is 0 Å². The third-order valence-corrected chi connectivity index (χ3v) is 2.17. The number of piperazine rings is 1. The Morgan fingerprint density at radius 1 is 1.40 bits per heavy atom. The minimum atomic E-state index is 1.14. The van der Waals surface area contributed by atoms with E-state index in [0.29, 0.717) is 0 Å². The van der Waals surface area contributed by atoms with Crippen molar-refractivity contribution in [1.82, 2.24) is 10.2 Å². The zero-order valence-corrected chi connectivity index (χ0v) is 8.64. The van der Waals surface area contributed by atoms with Gasteiger partial charge in [-0.2, -0.15) is 0 Å². The Hall–Kier alpha value is -0.283. The molecule has 10 heavy (non-hydrogen) atoms. The van der Waals surface area contributed by atoms with E-state index in [9.17, 15) is 0 Å². The summed E-state index contributed by atoms with van der Waals surface area (Å²) in [6.07, 6.45) is 4.52. The lowest BCUT2D eigenvalue weighted by molar-refractivity contribution is 0.324. The molecule has 2 nitrogen and oxygen atoms in total. The van der Waals surface area contributed by atoms with E-state index < -0.39 is 0 Å². The van der Waals surface area contributed by atoms with Crippen molar-refractivity contribution in [2.24, 2.45) is 0 Å². The van der Waals surface area contributed by atoms with E-state index >= 15 is 0 Å². The van der Waals surface area contributed by atoms with Crippen molar-refractivity contribution in [2.75, 3.05) is 26.2 Å². The second-order valence-electron chi connectivity index (χ2n) is 2.58. The second kappa shape index (κ2) is 4.52. The summed E-state index contributed by atoms with van der Waals surface area (Å²) in [5, 5.41) is 3.32. The second-order valence-corrected chi connectivity index (χ2v) is 3.40. The number of nitrogens with one attached hydrogen (secondary N) is 1. The predicted molar refractivity (Wildman–Crippen MR) is 48.3 cm³/mol. The monoisotopic (exact) mass is 156 g/mol. The van der Waals surface area contributed by atoms with Crippen molar-refractivity contribution in [1.29, 1.82) is 0 Å². The van der Waals surface area contributed by atoms with E-state index in [1.165, 1.54) is 29.4 Å². The van der Waals surface area contributed by atoms with Gasteiger partial charge in [-0.25, -0.2) is 0 Å². The van der Waals surface area contributed by atoms with Gasteiger partial charge in [0.2, 0.25) is 0 Å². The lowest BCUT2D eigenvalue weighted by atomic mass is 10.4. The Morgan fingerprint density at radius 3 is 2.70 bits per heavy atom. The lowest BCUT2D eigenvalue weighted by Crippen LogP contribution is -2.40. The fourth-order valence-corrected chi connectivity index (χ4v) is 1.30. The van der Waals surface area contributed by atoms with Crippen LogP contribution in [0, 0.1) is 0 Å². The maximum absolute atomic E-state index is 3.32. The smallest absolute Gasteiger partial charge is 0.0298 e. The fraction of sp³-hybridized carbons (Fsp3) is 0.714. The van der Waals surface area contributed by atoms with Gasteiger partial charge in [0.1, 0.15) is 0 Å². The van der Waals surface area contributed by atoms with Gasteiger partial charge < -0.3 is 10.2 Å². The van der Waals surface area contributed by atoms with Gasteiger partial charge >= 0.3 is 0 Å². The normalized spacial score (nSPS) is 20.6. The zero-order chi connectivity index (χ0) is 7.23. The third kappa shape index (κ3) is 2.54. The van der Waals surface area contributed by atoms with Crippen LogP contribution >= 0.6 is 0 Å². The van der Waals surface area contributed by atoms with Crippen molar-refractivity contribution in [2.45, 2.75) is 6.04 Å². The molecule has 1 aliphatic heterocycles. The van der Waals surface area contributed by atoms with Crippen LogP contribution in [0.4, 0.5) is 0 Å². The van der Waals surface area contributed by atoms with Gasteiger partial charge in [0, 0.05) is 36.4 Å². The molecule has 1 fully saturated rings. The van der Waals surface area contributed by atoms with Gasteiger partial charge in [-0.3, -0.25) is 0 Å². The van der Waals surface area contributed by atoms with Crippen molar-refractivity contribution in [3.05, 3.63) is 12.3 Å². The Morgan fingerprint density at radius 2 is 2.10 bits per heavy atom. The maximum Gasteiger partial charge on any atom is 0.0298 e. The SMILES string of the molecule is [SiH3]CC=CN1CCNCC1. The molecular formula is C7H16N2Si. The van der Waals surface area contributed by atoms with E-state index in [0.717, 1.165) is 13.1 Å². The molecule has 0 aromatic heterocycles. The molecule has 0 radical (unpaired) electrons. The summed E-state index contributed by atoms with van der Waals surface area (Å²) in [6.45, 7) is 4.65. The van der Waals surface area contributed by atoms with Crippen LogP contribution in [0.1, 0.15) is 0 Å². The van der Waals surface area contributed by atoms with Crippen LogP contribution in [0.3, 0.4) is 0 Å². The molecule has 0 aliphatic carbocycles. The van der Waals surface area contributed by atoms with Crippen molar-refractivity contribution in [3.8, 4) is 0 Å². The molecule has 0 unspecified atom stereocenters. The van der Waals surface area contributed by atoms with Gasteiger partial charge in [-0.05, 0) is 12.2 Å². The van der Waals surface area contributed by atoms with Crippen molar-refractivity contribution >= 4 is 10.2 Å². The van der Waals surface area contributed by atoms with E-state index in [2.05, 4.69) is 22.5 Å². The van der Waals surface area contributed by atoms with Crippen LogP contribution < -0.4 is 5.32 Å². The highest BCUT2D eigenvalue weighted by Gasteiger charge is 2.02. The summed E-state index contributed by atoms with van der Waals surface area (Å²) in [6, 6.07) is 1.28. The number of rotatable bonds is 2.